The van der Waals surface area contributed by atoms with Crippen LogP contribution in [0.1, 0.15) is 109 Å². The fraction of sp³-hybridized carbons (Fsp3) is 0.821. The number of ketones is 1. The van der Waals surface area contributed by atoms with Crippen LogP contribution in [0.15, 0.2) is 22.3 Å². The molecule has 4 aliphatic heterocycles. The Balaban J connectivity index is 1.37. The smallest absolute Gasteiger partial charge is 0.165 e. The van der Waals surface area contributed by atoms with Crippen LogP contribution in [0, 0.1) is 10.8 Å². The van der Waals surface area contributed by atoms with Gasteiger partial charge in [-0.15, -0.1) is 0 Å². The first-order valence-electron chi connectivity index (χ1n) is 13.5. The molecule has 4 bridgehead atoms. The van der Waals surface area contributed by atoms with E-state index in [9.17, 15) is 4.79 Å². The molecule has 0 aromatic carbocycles. The van der Waals surface area contributed by atoms with Crippen molar-refractivity contribution in [1.82, 2.24) is 0 Å². The predicted octanol–water partition coefficient (Wildman–Crippen LogP) is 6.36. The SMILES string of the molecule is O=C1CC[C@H]2O[C@@H]1C1=C(CCC1)[C@@]21CC[C@H]2O[C@@H]1C1=C(CCC1)C21CCCCCCC1. The van der Waals surface area contributed by atoms with Gasteiger partial charge in [0.25, 0.3) is 0 Å². The zero-order valence-corrected chi connectivity index (χ0v) is 19.1. The van der Waals surface area contributed by atoms with Crippen molar-refractivity contribution in [2.75, 3.05) is 0 Å². The Bertz CT molecular complexity index is 857. The van der Waals surface area contributed by atoms with Gasteiger partial charge in [0.15, 0.2) is 5.78 Å². The number of hydrogen-bond donors (Lipinski definition) is 0. The van der Waals surface area contributed by atoms with E-state index < -0.39 is 0 Å². The van der Waals surface area contributed by atoms with Gasteiger partial charge in [-0.05, 0) is 81.8 Å². The van der Waals surface area contributed by atoms with E-state index in [2.05, 4.69) is 0 Å². The Hall–Kier alpha value is -0.930. The molecule has 0 amide bonds. The first-order chi connectivity index (χ1) is 15.2. The summed E-state index contributed by atoms with van der Waals surface area (Å²) in [7, 11) is 0. The summed E-state index contributed by atoms with van der Waals surface area (Å²) in [6.07, 6.45) is 21.8. The molecule has 0 unspecified atom stereocenters. The Labute approximate surface area is 187 Å². The molecule has 2 saturated heterocycles. The van der Waals surface area contributed by atoms with Crippen molar-refractivity contribution in [2.24, 2.45) is 10.8 Å². The van der Waals surface area contributed by atoms with Gasteiger partial charge in [0, 0.05) is 17.3 Å². The van der Waals surface area contributed by atoms with Crippen molar-refractivity contribution in [3.63, 3.8) is 0 Å². The van der Waals surface area contributed by atoms with Crippen LogP contribution < -0.4 is 0 Å². The van der Waals surface area contributed by atoms with E-state index in [4.69, 9.17) is 9.47 Å². The highest BCUT2D eigenvalue weighted by atomic mass is 16.5. The number of Topliss-reactive ketones (excluding diaryl/α,β-unsaturated/α-hetero) is 1. The second-order valence-corrected chi connectivity index (χ2v) is 11.7. The third kappa shape index (κ3) is 2.51. The third-order valence-electron chi connectivity index (χ3n) is 10.6. The third-order valence-corrected chi connectivity index (χ3v) is 10.6. The van der Waals surface area contributed by atoms with Gasteiger partial charge < -0.3 is 9.47 Å². The molecule has 5 atom stereocenters. The summed E-state index contributed by atoms with van der Waals surface area (Å²) < 4.78 is 13.9. The van der Waals surface area contributed by atoms with E-state index in [1.807, 2.05) is 5.57 Å². The van der Waals surface area contributed by atoms with Crippen molar-refractivity contribution in [2.45, 2.75) is 134 Å². The Morgan fingerprint density at radius 2 is 1.39 bits per heavy atom. The van der Waals surface area contributed by atoms with Gasteiger partial charge in [-0.25, -0.2) is 0 Å². The summed E-state index contributed by atoms with van der Waals surface area (Å²) in [5.41, 5.74) is 6.94. The Morgan fingerprint density at radius 1 is 0.645 bits per heavy atom. The van der Waals surface area contributed by atoms with Crippen LogP contribution in [-0.2, 0) is 14.3 Å². The average molecular weight is 423 g/mol. The summed E-state index contributed by atoms with van der Waals surface area (Å²) >= 11 is 0. The number of ether oxygens (including phenoxy) is 2. The van der Waals surface area contributed by atoms with Crippen molar-refractivity contribution in [1.29, 1.82) is 0 Å². The molecule has 0 aromatic rings. The molecule has 3 fully saturated rings. The maximum atomic E-state index is 12.7. The predicted molar refractivity (Wildman–Crippen MR) is 120 cm³/mol. The minimum absolute atomic E-state index is 0.0354. The lowest BCUT2D eigenvalue weighted by molar-refractivity contribution is -0.211. The van der Waals surface area contributed by atoms with Crippen LogP contribution in [0.2, 0.25) is 0 Å². The maximum Gasteiger partial charge on any atom is 0.165 e. The largest absolute Gasteiger partial charge is 0.369 e. The number of hydrogen-bond acceptors (Lipinski definition) is 3. The molecule has 0 radical (unpaired) electrons. The van der Waals surface area contributed by atoms with Crippen LogP contribution in [0.25, 0.3) is 0 Å². The van der Waals surface area contributed by atoms with E-state index in [1.54, 1.807) is 11.1 Å². The maximum absolute atomic E-state index is 12.7. The molecule has 168 valence electrons. The van der Waals surface area contributed by atoms with Crippen molar-refractivity contribution in [3.8, 4) is 0 Å². The Kier molecular flexibility index (Phi) is 4.43. The van der Waals surface area contributed by atoms with Gasteiger partial charge >= 0.3 is 0 Å². The van der Waals surface area contributed by atoms with Crippen LogP contribution in [0.4, 0.5) is 0 Å². The number of carbonyl (C=O) groups is 1. The van der Waals surface area contributed by atoms with E-state index in [-0.39, 0.29) is 23.7 Å². The van der Waals surface area contributed by atoms with Gasteiger partial charge in [0.05, 0.1) is 18.3 Å². The second kappa shape index (κ2) is 7.03. The Morgan fingerprint density at radius 3 is 2.23 bits per heavy atom. The van der Waals surface area contributed by atoms with Crippen LogP contribution >= 0.6 is 0 Å². The van der Waals surface area contributed by atoms with E-state index in [0.29, 0.717) is 23.7 Å². The van der Waals surface area contributed by atoms with Gasteiger partial charge in [-0.1, -0.05) is 43.3 Å². The van der Waals surface area contributed by atoms with Crippen molar-refractivity contribution in [3.05, 3.63) is 22.3 Å². The first-order valence-corrected chi connectivity index (χ1v) is 13.5. The molecular formula is C28H38O3. The van der Waals surface area contributed by atoms with Crippen molar-refractivity contribution >= 4 is 5.78 Å². The molecule has 0 N–H and O–H groups in total. The molecule has 3 heteroatoms. The van der Waals surface area contributed by atoms with Crippen LogP contribution in [-0.4, -0.2) is 30.2 Å². The number of fused-ring (bicyclic) bond motifs is 11. The second-order valence-electron chi connectivity index (χ2n) is 11.7. The topological polar surface area (TPSA) is 35.5 Å². The monoisotopic (exact) mass is 422 g/mol. The highest BCUT2D eigenvalue weighted by Crippen LogP contribution is 2.66. The van der Waals surface area contributed by atoms with Gasteiger partial charge in [0.2, 0.25) is 0 Å². The molecule has 3 aliphatic carbocycles. The molecular weight excluding hydrogens is 384 g/mol. The molecule has 31 heavy (non-hydrogen) atoms. The minimum Gasteiger partial charge on any atom is -0.369 e. The van der Waals surface area contributed by atoms with Gasteiger partial charge in [-0.2, -0.15) is 0 Å². The highest BCUT2D eigenvalue weighted by molar-refractivity contribution is 5.87. The lowest BCUT2D eigenvalue weighted by atomic mass is 9.53. The summed E-state index contributed by atoms with van der Waals surface area (Å²) in [5.74, 6) is 0.341. The standard InChI is InChI=1S/C28H38O3/c29-22-12-13-24-28(21-11-6-8-18(21)25(22)30-24)17-14-23-27(15-4-2-1-3-5-16-27)20-10-7-9-19(20)26(28)31-23/h23-26H,1-17H2/t23-,24-,25-,26-,28+/m1/s1. The molecule has 7 aliphatic rings. The quantitative estimate of drug-likeness (QED) is 0.426. The lowest BCUT2D eigenvalue weighted by Gasteiger charge is -2.61. The summed E-state index contributed by atoms with van der Waals surface area (Å²) in [6, 6.07) is 0. The molecule has 0 aromatic heterocycles. The average Bonchev–Trinajstić information content (AvgIpc) is 3.44. The van der Waals surface area contributed by atoms with Crippen molar-refractivity contribution < 1.29 is 14.3 Å². The van der Waals surface area contributed by atoms with Gasteiger partial charge in [0.1, 0.15) is 6.10 Å². The van der Waals surface area contributed by atoms with Crippen LogP contribution in [0.3, 0.4) is 0 Å². The zero-order chi connectivity index (χ0) is 20.6. The van der Waals surface area contributed by atoms with Crippen LogP contribution in [0.5, 0.6) is 0 Å². The first kappa shape index (κ1) is 19.5. The molecule has 2 spiro atoms. The van der Waals surface area contributed by atoms with E-state index >= 15 is 0 Å². The normalized spacial score (nSPS) is 43.8. The fourth-order valence-corrected chi connectivity index (χ4v) is 9.42. The lowest BCUT2D eigenvalue weighted by Crippen LogP contribution is -2.63. The fourth-order valence-electron chi connectivity index (χ4n) is 9.42. The summed E-state index contributed by atoms with van der Waals surface area (Å²) in [6.45, 7) is 0. The molecule has 3 nitrogen and oxygen atoms in total. The zero-order valence-electron chi connectivity index (χ0n) is 19.1. The highest BCUT2D eigenvalue weighted by Gasteiger charge is 2.64. The van der Waals surface area contributed by atoms with Gasteiger partial charge in [-0.3, -0.25) is 4.79 Å². The minimum atomic E-state index is -0.211. The van der Waals surface area contributed by atoms with E-state index in [0.717, 1.165) is 12.8 Å². The summed E-state index contributed by atoms with van der Waals surface area (Å²) in [5, 5.41) is 0. The number of carbonyl (C=O) groups excluding carboxylic acids is 1. The number of rotatable bonds is 0. The summed E-state index contributed by atoms with van der Waals surface area (Å²) in [4.78, 5) is 12.7. The van der Waals surface area contributed by atoms with E-state index in [1.165, 1.54) is 95.5 Å². The molecule has 1 saturated carbocycles. The molecule has 7 rings (SSSR count). The molecule has 4 heterocycles.